The maximum atomic E-state index is 11.1. The van der Waals surface area contributed by atoms with Gasteiger partial charge in [0.15, 0.2) is 5.69 Å². The predicted octanol–water partition coefficient (Wildman–Crippen LogP) is 0.761. The molecule has 1 fully saturated rings. The van der Waals surface area contributed by atoms with Crippen molar-refractivity contribution in [3.8, 4) is 0 Å². The van der Waals surface area contributed by atoms with Gasteiger partial charge in [0.1, 0.15) is 12.2 Å². The summed E-state index contributed by atoms with van der Waals surface area (Å²) in [5, 5.41) is 25.7. The van der Waals surface area contributed by atoms with Crippen LogP contribution in [0.2, 0.25) is 0 Å². The van der Waals surface area contributed by atoms with Gasteiger partial charge in [-0.3, -0.25) is 0 Å². The third-order valence-electron chi connectivity index (χ3n) is 2.88. The molecule has 1 aliphatic heterocycles. The van der Waals surface area contributed by atoms with E-state index in [9.17, 15) is 14.9 Å². The fraction of sp³-hybridized carbons (Fsp3) is 0.556. The largest absolute Gasteiger partial charge is 0.480 e. The minimum Gasteiger partial charge on any atom is -0.480 e. The number of H-pyrrole nitrogens is 1. The summed E-state index contributed by atoms with van der Waals surface area (Å²) in [5.41, 5.74) is 0.252. The Morgan fingerprint density at radius 3 is 3.06 bits per heavy atom. The Labute approximate surface area is 96.4 Å². The van der Waals surface area contributed by atoms with Crippen molar-refractivity contribution >= 4 is 17.5 Å². The molecule has 0 bridgehead atoms. The Hall–Kier alpha value is -2.12. The van der Waals surface area contributed by atoms with Crippen LogP contribution in [0.15, 0.2) is 6.20 Å². The molecule has 0 radical (unpaired) electrons. The van der Waals surface area contributed by atoms with Crippen LogP contribution in [0.1, 0.15) is 19.3 Å². The smallest absolute Gasteiger partial charge is 0.366 e. The van der Waals surface area contributed by atoms with Crippen molar-refractivity contribution in [2.24, 2.45) is 0 Å². The van der Waals surface area contributed by atoms with Gasteiger partial charge in [0.25, 0.3) is 0 Å². The number of nitro groups is 1. The molecule has 0 amide bonds. The zero-order valence-electron chi connectivity index (χ0n) is 9.00. The van der Waals surface area contributed by atoms with Crippen LogP contribution in [-0.2, 0) is 4.79 Å². The van der Waals surface area contributed by atoms with E-state index in [1.807, 2.05) is 0 Å². The van der Waals surface area contributed by atoms with E-state index in [-0.39, 0.29) is 11.5 Å². The number of carbonyl (C=O) groups is 1. The molecule has 8 heteroatoms. The van der Waals surface area contributed by atoms with E-state index in [2.05, 4.69) is 10.2 Å². The summed E-state index contributed by atoms with van der Waals surface area (Å²) in [5.74, 6) is -1.21. The first-order valence-corrected chi connectivity index (χ1v) is 5.28. The number of nitrogens with zero attached hydrogens (tertiary/aromatic N) is 3. The van der Waals surface area contributed by atoms with Gasteiger partial charge in [-0.05, 0) is 24.2 Å². The number of aromatic amines is 1. The zero-order valence-corrected chi connectivity index (χ0v) is 9.00. The van der Waals surface area contributed by atoms with E-state index in [1.54, 1.807) is 0 Å². The van der Waals surface area contributed by atoms with Crippen LogP contribution in [0, 0.1) is 10.1 Å². The minimum atomic E-state index is -0.958. The molecule has 8 nitrogen and oxygen atoms in total. The van der Waals surface area contributed by atoms with Gasteiger partial charge in [-0.2, -0.15) is 0 Å². The molecule has 17 heavy (non-hydrogen) atoms. The second kappa shape index (κ2) is 4.40. The Morgan fingerprint density at radius 2 is 2.41 bits per heavy atom. The van der Waals surface area contributed by atoms with Crippen LogP contribution < -0.4 is 4.90 Å². The number of piperidine rings is 1. The summed E-state index contributed by atoms with van der Waals surface area (Å²) in [6, 6.07) is -0.708. The molecule has 0 aliphatic carbocycles. The molecule has 1 unspecified atom stereocenters. The molecule has 2 heterocycles. The first-order chi connectivity index (χ1) is 8.11. The molecule has 0 aromatic carbocycles. The van der Waals surface area contributed by atoms with Gasteiger partial charge >= 0.3 is 11.8 Å². The van der Waals surface area contributed by atoms with E-state index in [0.29, 0.717) is 13.0 Å². The fourth-order valence-corrected chi connectivity index (χ4v) is 2.09. The predicted molar refractivity (Wildman–Crippen MR) is 57.9 cm³/mol. The highest BCUT2D eigenvalue weighted by Crippen LogP contribution is 2.30. The lowest BCUT2D eigenvalue weighted by molar-refractivity contribution is -0.388. The van der Waals surface area contributed by atoms with Gasteiger partial charge in [0.2, 0.25) is 0 Å². The molecule has 1 aromatic heterocycles. The topological polar surface area (TPSA) is 112 Å². The fourth-order valence-electron chi connectivity index (χ4n) is 2.09. The molecule has 1 aliphatic rings. The first-order valence-electron chi connectivity index (χ1n) is 5.28. The quantitative estimate of drug-likeness (QED) is 0.595. The summed E-state index contributed by atoms with van der Waals surface area (Å²) in [4.78, 5) is 22.8. The monoisotopic (exact) mass is 240 g/mol. The van der Waals surface area contributed by atoms with Crippen LogP contribution in [-0.4, -0.2) is 38.8 Å². The third kappa shape index (κ3) is 2.05. The SMILES string of the molecule is O=C(O)C1CCCCN1c1cn[nH]c1[N+](=O)[O-]. The molecule has 0 spiro atoms. The normalized spacial score (nSPS) is 20.2. The highest BCUT2D eigenvalue weighted by molar-refractivity contribution is 5.79. The molecule has 1 aromatic rings. The van der Waals surface area contributed by atoms with Gasteiger partial charge in [0, 0.05) is 6.54 Å². The molecule has 92 valence electrons. The molecular formula is C9H12N4O4. The Balaban J connectivity index is 2.32. The van der Waals surface area contributed by atoms with Gasteiger partial charge in [-0.1, -0.05) is 5.10 Å². The number of carboxylic acid groups (broad SMARTS) is 1. The van der Waals surface area contributed by atoms with Gasteiger partial charge in [-0.15, -0.1) is 5.10 Å². The molecule has 2 N–H and O–H groups in total. The Kier molecular flexibility index (Phi) is 2.94. The number of carboxylic acids is 1. The summed E-state index contributed by atoms with van der Waals surface area (Å²) in [6.45, 7) is 0.497. The summed E-state index contributed by atoms with van der Waals surface area (Å²) >= 11 is 0. The summed E-state index contributed by atoms with van der Waals surface area (Å²) in [7, 11) is 0. The van der Waals surface area contributed by atoms with Crippen molar-refractivity contribution in [3.05, 3.63) is 16.3 Å². The van der Waals surface area contributed by atoms with Gasteiger partial charge in [-0.25, -0.2) is 4.79 Å². The lowest BCUT2D eigenvalue weighted by atomic mass is 10.0. The summed E-state index contributed by atoms with van der Waals surface area (Å²) in [6.07, 6.45) is 3.45. The molecule has 1 saturated heterocycles. The number of aliphatic carboxylic acids is 1. The van der Waals surface area contributed by atoms with Crippen LogP contribution in [0.5, 0.6) is 0 Å². The summed E-state index contributed by atoms with van der Waals surface area (Å²) < 4.78 is 0. The van der Waals surface area contributed by atoms with E-state index >= 15 is 0 Å². The van der Waals surface area contributed by atoms with Crippen molar-refractivity contribution in [2.45, 2.75) is 25.3 Å². The second-order valence-electron chi connectivity index (χ2n) is 3.90. The zero-order chi connectivity index (χ0) is 12.4. The highest BCUT2D eigenvalue weighted by atomic mass is 16.6. The maximum Gasteiger partial charge on any atom is 0.366 e. The number of nitrogens with one attached hydrogen (secondary N) is 1. The minimum absolute atomic E-state index is 0.252. The van der Waals surface area contributed by atoms with E-state index < -0.39 is 16.9 Å². The van der Waals surface area contributed by atoms with Crippen molar-refractivity contribution in [2.75, 3.05) is 11.4 Å². The Morgan fingerprint density at radius 1 is 1.65 bits per heavy atom. The maximum absolute atomic E-state index is 11.1. The van der Waals surface area contributed by atoms with Crippen LogP contribution in [0.25, 0.3) is 0 Å². The molecular weight excluding hydrogens is 228 g/mol. The van der Waals surface area contributed by atoms with E-state index in [4.69, 9.17) is 5.11 Å². The highest BCUT2D eigenvalue weighted by Gasteiger charge is 2.33. The first kappa shape index (κ1) is 11.4. The standard InChI is InChI=1S/C9H12N4O4/c14-9(15)6-3-1-2-4-12(6)7-5-10-11-8(7)13(16)17/h5-6H,1-4H2,(H,10,11)(H,14,15). The lowest BCUT2D eigenvalue weighted by Gasteiger charge is -2.33. The van der Waals surface area contributed by atoms with Gasteiger partial charge in [0.05, 0.1) is 0 Å². The van der Waals surface area contributed by atoms with Crippen LogP contribution in [0.4, 0.5) is 11.5 Å². The number of hydrogen-bond donors (Lipinski definition) is 2. The number of rotatable bonds is 3. The van der Waals surface area contributed by atoms with Crippen LogP contribution in [0.3, 0.4) is 0 Å². The van der Waals surface area contributed by atoms with Crippen molar-refractivity contribution in [1.29, 1.82) is 0 Å². The van der Waals surface area contributed by atoms with Crippen molar-refractivity contribution in [3.63, 3.8) is 0 Å². The molecule has 2 rings (SSSR count). The molecule has 0 saturated carbocycles. The third-order valence-corrected chi connectivity index (χ3v) is 2.88. The van der Waals surface area contributed by atoms with E-state index in [1.165, 1.54) is 11.1 Å². The van der Waals surface area contributed by atoms with Gasteiger partial charge < -0.3 is 20.1 Å². The second-order valence-corrected chi connectivity index (χ2v) is 3.90. The number of hydrogen-bond acceptors (Lipinski definition) is 5. The van der Waals surface area contributed by atoms with E-state index in [0.717, 1.165) is 12.8 Å². The Bertz CT molecular complexity index is 444. The molecule has 1 atom stereocenters. The number of anilines is 1. The van der Waals surface area contributed by atoms with Crippen molar-refractivity contribution < 1.29 is 14.8 Å². The van der Waals surface area contributed by atoms with Crippen LogP contribution >= 0.6 is 0 Å². The van der Waals surface area contributed by atoms with Crippen molar-refractivity contribution in [1.82, 2.24) is 10.2 Å². The lowest BCUT2D eigenvalue weighted by Crippen LogP contribution is -2.44. The average Bonchev–Trinajstić information content (AvgIpc) is 2.77. The number of aromatic nitrogens is 2. The average molecular weight is 240 g/mol.